The number of benzene rings is 1. The van der Waals surface area contributed by atoms with E-state index < -0.39 is 0 Å². The van der Waals surface area contributed by atoms with Crippen LogP contribution in [0.4, 0.5) is 5.69 Å². The molecule has 142 valence electrons. The zero-order valence-electron chi connectivity index (χ0n) is 14.9. The molecule has 1 amide bonds. The van der Waals surface area contributed by atoms with Crippen molar-refractivity contribution in [1.82, 2.24) is 9.97 Å². The van der Waals surface area contributed by atoms with Crippen LogP contribution in [0.5, 0.6) is 0 Å². The second-order valence-corrected chi connectivity index (χ2v) is 9.90. The molecule has 0 saturated heterocycles. The van der Waals surface area contributed by atoms with Gasteiger partial charge in [-0.1, -0.05) is 27.5 Å². The minimum Gasteiger partial charge on any atom is -0.324 e. The topological polar surface area (TPSA) is 74.8 Å². The molecule has 2 aromatic heterocycles. The molecular weight excluding hydrogens is 470 g/mol. The van der Waals surface area contributed by atoms with Crippen molar-refractivity contribution in [3.8, 4) is 0 Å². The highest BCUT2D eigenvalue weighted by molar-refractivity contribution is 9.10. The van der Waals surface area contributed by atoms with Gasteiger partial charge < -0.3 is 10.3 Å². The number of hydrogen-bond acceptors (Lipinski definition) is 5. The Bertz CT molecular complexity index is 1080. The number of nitrogens with one attached hydrogen (secondary N) is 2. The maximum atomic E-state index is 12.4. The lowest BCUT2D eigenvalue weighted by molar-refractivity contribution is -0.115. The highest BCUT2D eigenvalue weighted by atomic mass is 79.9. The van der Waals surface area contributed by atoms with Crippen LogP contribution in [0.25, 0.3) is 10.2 Å². The third-order valence-electron chi connectivity index (χ3n) is 4.12. The smallest absolute Gasteiger partial charge is 0.259 e. The van der Waals surface area contributed by atoms with Gasteiger partial charge in [0.15, 0.2) is 0 Å². The lowest BCUT2D eigenvalue weighted by Crippen LogP contribution is -2.23. The summed E-state index contributed by atoms with van der Waals surface area (Å²) in [6, 6.07) is 5.29. The zero-order chi connectivity index (χ0) is 19.7. The first-order chi connectivity index (χ1) is 12.8. The van der Waals surface area contributed by atoms with Gasteiger partial charge in [-0.05, 0) is 44.5 Å². The van der Waals surface area contributed by atoms with Crippen LogP contribution in [0.2, 0.25) is 5.02 Å². The van der Waals surface area contributed by atoms with Crippen LogP contribution < -0.4 is 10.9 Å². The van der Waals surface area contributed by atoms with Crippen LogP contribution >= 0.6 is 50.6 Å². The number of halogens is 2. The number of thiophene rings is 1. The SMILES string of the molecule is Cc1sc2nc(CSC(C)C(=O)Nc3ccc(Br)cc3Cl)[nH]c(=O)c2c1C. The summed E-state index contributed by atoms with van der Waals surface area (Å²) in [5, 5.41) is 3.61. The molecular formula is C18H17BrClN3O2S2. The van der Waals surface area contributed by atoms with Crippen molar-refractivity contribution in [3.63, 3.8) is 0 Å². The summed E-state index contributed by atoms with van der Waals surface area (Å²) in [6.07, 6.45) is 0. The predicted octanol–water partition coefficient (Wildman–Crippen LogP) is 5.28. The number of carbonyl (C=O) groups excluding carboxylic acids is 1. The van der Waals surface area contributed by atoms with Crippen molar-refractivity contribution in [2.45, 2.75) is 31.8 Å². The van der Waals surface area contributed by atoms with E-state index in [2.05, 4.69) is 31.2 Å². The van der Waals surface area contributed by atoms with E-state index in [0.29, 0.717) is 27.7 Å². The van der Waals surface area contributed by atoms with E-state index in [4.69, 9.17) is 11.6 Å². The number of fused-ring (bicyclic) bond motifs is 1. The van der Waals surface area contributed by atoms with Crippen LogP contribution in [0.15, 0.2) is 27.5 Å². The molecule has 27 heavy (non-hydrogen) atoms. The highest BCUT2D eigenvalue weighted by Crippen LogP contribution is 2.28. The third-order valence-corrected chi connectivity index (χ3v) is 7.18. The maximum Gasteiger partial charge on any atom is 0.259 e. The Hall–Kier alpha value is -1.35. The van der Waals surface area contributed by atoms with Gasteiger partial charge in [-0.3, -0.25) is 9.59 Å². The first-order valence-corrected chi connectivity index (χ1v) is 11.2. The van der Waals surface area contributed by atoms with E-state index in [1.165, 1.54) is 23.1 Å². The van der Waals surface area contributed by atoms with Gasteiger partial charge in [-0.15, -0.1) is 23.1 Å². The number of nitrogens with zero attached hydrogens (tertiary/aromatic N) is 1. The van der Waals surface area contributed by atoms with Gasteiger partial charge >= 0.3 is 0 Å². The van der Waals surface area contributed by atoms with Crippen LogP contribution in [0.1, 0.15) is 23.2 Å². The molecule has 1 aromatic carbocycles. The summed E-state index contributed by atoms with van der Waals surface area (Å²) < 4.78 is 0.845. The largest absolute Gasteiger partial charge is 0.324 e. The Morgan fingerprint density at radius 2 is 2.19 bits per heavy atom. The fourth-order valence-corrected chi connectivity index (χ4v) is 5.00. The van der Waals surface area contributed by atoms with Crippen molar-refractivity contribution in [2.75, 3.05) is 5.32 Å². The van der Waals surface area contributed by atoms with E-state index in [-0.39, 0.29) is 16.7 Å². The van der Waals surface area contributed by atoms with Gasteiger partial charge in [0.2, 0.25) is 5.91 Å². The average molecular weight is 487 g/mol. The van der Waals surface area contributed by atoms with Crippen LogP contribution in [0.3, 0.4) is 0 Å². The van der Waals surface area contributed by atoms with Crippen molar-refractivity contribution < 1.29 is 4.79 Å². The Morgan fingerprint density at radius 1 is 1.44 bits per heavy atom. The summed E-state index contributed by atoms with van der Waals surface area (Å²) in [6.45, 7) is 5.72. The molecule has 2 heterocycles. The highest BCUT2D eigenvalue weighted by Gasteiger charge is 2.17. The second-order valence-electron chi connectivity index (χ2n) is 6.04. The summed E-state index contributed by atoms with van der Waals surface area (Å²) in [4.78, 5) is 33.9. The molecule has 0 fully saturated rings. The van der Waals surface area contributed by atoms with E-state index in [0.717, 1.165) is 19.7 Å². The number of amides is 1. The molecule has 9 heteroatoms. The summed E-state index contributed by atoms with van der Waals surface area (Å²) >= 11 is 12.4. The number of thioether (sulfide) groups is 1. The Kier molecular flexibility index (Phi) is 6.30. The van der Waals surface area contributed by atoms with Crippen LogP contribution in [0, 0.1) is 13.8 Å². The fourth-order valence-electron chi connectivity index (χ4n) is 2.47. The molecule has 3 aromatic rings. The number of aryl methyl sites for hydroxylation is 2. The number of hydrogen-bond donors (Lipinski definition) is 2. The van der Waals surface area contributed by atoms with Crippen molar-refractivity contribution in [1.29, 1.82) is 0 Å². The molecule has 0 aliphatic rings. The van der Waals surface area contributed by atoms with Gasteiger partial charge in [0, 0.05) is 9.35 Å². The lowest BCUT2D eigenvalue weighted by atomic mass is 10.2. The molecule has 0 bridgehead atoms. The second kappa shape index (κ2) is 8.34. The normalized spacial score (nSPS) is 12.3. The van der Waals surface area contributed by atoms with E-state index in [1.54, 1.807) is 12.1 Å². The minimum atomic E-state index is -0.336. The van der Waals surface area contributed by atoms with Crippen molar-refractivity contribution in [2.24, 2.45) is 0 Å². The van der Waals surface area contributed by atoms with E-state index in [9.17, 15) is 9.59 Å². The molecule has 1 unspecified atom stereocenters. The Labute approximate surface area is 178 Å². The minimum absolute atomic E-state index is 0.129. The number of aromatic amines is 1. The van der Waals surface area contributed by atoms with Gasteiger partial charge in [0.1, 0.15) is 10.7 Å². The van der Waals surface area contributed by atoms with E-state index >= 15 is 0 Å². The molecule has 5 nitrogen and oxygen atoms in total. The van der Waals surface area contributed by atoms with Crippen molar-refractivity contribution in [3.05, 3.63) is 54.3 Å². The zero-order valence-corrected chi connectivity index (χ0v) is 18.8. The van der Waals surface area contributed by atoms with Crippen LogP contribution in [-0.4, -0.2) is 21.1 Å². The third kappa shape index (κ3) is 4.56. The number of anilines is 1. The molecule has 0 aliphatic carbocycles. The molecule has 0 saturated carbocycles. The van der Waals surface area contributed by atoms with Crippen LogP contribution in [-0.2, 0) is 10.5 Å². The molecule has 1 atom stereocenters. The summed E-state index contributed by atoms with van der Waals surface area (Å²) in [5.41, 5.74) is 1.41. The fraction of sp³-hybridized carbons (Fsp3) is 0.278. The van der Waals surface area contributed by atoms with Gasteiger partial charge in [-0.2, -0.15) is 0 Å². The van der Waals surface area contributed by atoms with Gasteiger partial charge in [0.05, 0.1) is 27.1 Å². The molecule has 3 rings (SSSR count). The summed E-state index contributed by atoms with van der Waals surface area (Å²) in [7, 11) is 0. The summed E-state index contributed by atoms with van der Waals surface area (Å²) in [5.74, 6) is 0.847. The number of carbonyl (C=O) groups is 1. The number of H-pyrrole nitrogens is 1. The maximum absolute atomic E-state index is 12.4. The Balaban J connectivity index is 1.68. The molecule has 0 aliphatic heterocycles. The predicted molar refractivity (Wildman–Crippen MR) is 118 cm³/mol. The average Bonchev–Trinajstić information content (AvgIpc) is 2.89. The van der Waals surface area contributed by atoms with Gasteiger partial charge in [-0.25, -0.2) is 4.98 Å². The molecule has 0 radical (unpaired) electrons. The standard InChI is InChI=1S/C18H17BrClN3O2S2/c1-8-9(2)27-18-15(8)17(25)22-14(23-18)7-26-10(3)16(24)21-13-5-4-11(19)6-12(13)20/h4-6,10H,7H2,1-3H3,(H,21,24)(H,22,23,25). The lowest BCUT2D eigenvalue weighted by Gasteiger charge is -2.13. The molecule has 0 spiro atoms. The Morgan fingerprint density at radius 3 is 2.89 bits per heavy atom. The first-order valence-electron chi connectivity index (χ1n) is 8.12. The van der Waals surface area contributed by atoms with Gasteiger partial charge in [0.25, 0.3) is 5.56 Å². The monoisotopic (exact) mass is 485 g/mol. The van der Waals surface area contributed by atoms with Crippen molar-refractivity contribution >= 4 is 72.4 Å². The first kappa shape index (κ1) is 20.4. The quantitative estimate of drug-likeness (QED) is 0.515. The number of aromatic nitrogens is 2. The molecule has 2 N–H and O–H groups in total. The van der Waals surface area contributed by atoms with E-state index in [1.807, 2.05) is 26.8 Å². The number of rotatable bonds is 5.